The van der Waals surface area contributed by atoms with Crippen LogP contribution in [-0.2, 0) is 4.79 Å². The largest absolute Gasteiger partial charge is 0.479 e. The SMILES string of the molecule is C=CCN1C(=O)C(C)Oc2ccc(NC(=O)c3cc([N+](=O)[O-])cc([N+](=O)[O-])c3)cc21. The number of anilines is 2. The summed E-state index contributed by atoms with van der Waals surface area (Å²) in [6, 6.07) is 7.26. The molecule has 0 saturated carbocycles. The maximum atomic E-state index is 12.6. The Balaban J connectivity index is 1.93. The average molecular weight is 412 g/mol. The van der Waals surface area contributed by atoms with Gasteiger partial charge in [-0.05, 0) is 25.1 Å². The Morgan fingerprint density at radius 3 is 2.40 bits per heavy atom. The molecule has 11 nitrogen and oxygen atoms in total. The Kier molecular flexibility index (Phi) is 5.45. The van der Waals surface area contributed by atoms with Crippen molar-refractivity contribution in [3.63, 3.8) is 0 Å². The lowest BCUT2D eigenvalue weighted by Crippen LogP contribution is -2.44. The van der Waals surface area contributed by atoms with Crippen LogP contribution >= 0.6 is 0 Å². The lowest BCUT2D eigenvalue weighted by molar-refractivity contribution is -0.394. The van der Waals surface area contributed by atoms with Gasteiger partial charge in [0.2, 0.25) is 0 Å². The number of nitro groups is 2. The van der Waals surface area contributed by atoms with Crippen LogP contribution in [0.2, 0.25) is 0 Å². The second kappa shape index (κ2) is 7.99. The molecular formula is C19H16N4O7. The minimum Gasteiger partial charge on any atom is -0.479 e. The van der Waals surface area contributed by atoms with E-state index in [9.17, 15) is 29.8 Å². The minimum atomic E-state index is -0.819. The molecular weight excluding hydrogens is 396 g/mol. The summed E-state index contributed by atoms with van der Waals surface area (Å²) in [7, 11) is 0. The lowest BCUT2D eigenvalue weighted by atomic mass is 10.1. The number of benzene rings is 2. The molecule has 2 aromatic rings. The van der Waals surface area contributed by atoms with Crippen molar-refractivity contribution in [2.75, 3.05) is 16.8 Å². The Bertz CT molecular complexity index is 1050. The van der Waals surface area contributed by atoms with Crippen LogP contribution in [0.3, 0.4) is 0 Å². The van der Waals surface area contributed by atoms with Gasteiger partial charge in [0.1, 0.15) is 5.75 Å². The summed E-state index contributed by atoms with van der Waals surface area (Å²) in [6.45, 7) is 5.48. The summed E-state index contributed by atoms with van der Waals surface area (Å²) in [5, 5.41) is 24.6. The number of hydrogen-bond donors (Lipinski definition) is 1. The Morgan fingerprint density at radius 2 is 1.83 bits per heavy atom. The van der Waals surface area contributed by atoms with Crippen LogP contribution < -0.4 is 15.0 Å². The van der Waals surface area contributed by atoms with Crippen LogP contribution in [-0.4, -0.2) is 34.3 Å². The molecule has 154 valence electrons. The van der Waals surface area contributed by atoms with E-state index in [4.69, 9.17) is 4.74 Å². The number of hydrogen-bond acceptors (Lipinski definition) is 7. The predicted molar refractivity (Wildman–Crippen MR) is 107 cm³/mol. The van der Waals surface area contributed by atoms with E-state index >= 15 is 0 Å². The molecule has 0 saturated heterocycles. The highest BCUT2D eigenvalue weighted by Crippen LogP contribution is 2.36. The molecule has 0 fully saturated rings. The van der Waals surface area contributed by atoms with Gasteiger partial charge < -0.3 is 15.0 Å². The molecule has 1 aliphatic rings. The topological polar surface area (TPSA) is 145 Å². The number of carbonyl (C=O) groups is 2. The highest BCUT2D eigenvalue weighted by Gasteiger charge is 2.31. The van der Waals surface area contributed by atoms with Gasteiger partial charge in [0.15, 0.2) is 6.10 Å². The first kappa shape index (κ1) is 20.5. The summed E-state index contributed by atoms with van der Waals surface area (Å²) in [4.78, 5) is 46.8. The zero-order valence-electron chi connectivity index (χ0n) is 15.7. The van der Waals surface area contributed by atoms with Crippen LogP contribution in [0.1, 0.15) is 17.3 Å². The molecule has 0 bridgehead atoms. The average Bonchev–Trinajstić information content (AvgIpc) is 2.71. The molecule has 0 aliphatic carbocycles. The third-order valence-corrected chi connectivity index (χ3v) is 4.32. The molecule has 2 amide bonds. The maximum Gasteiger partial charge on any atom is 0.277 e. The monoisotopic (exact) mass is 412 g/mol. The number of amides is 2. The molecule has 0 aromatic heterocycles. The minimum absolute atomic E-state index is 0.230. The zero-order valence-corrected chi connectivity index (χ0v) is 15.7. The number of carbonyl (C=O) groups excluding carboxylic acids is 2. The highest BCUT2D eigenvalue weighted by molar-refractivity contribution is 6.06. The molecule has 1 heterocycles. The van der Waals surface area contributed by atoms with E-state index < -0.39 is 33.2 Å². The number of ether oxygens (including phenoxy) is 1. The first-order chi connectivity index (χ1) is 14.2. The molecule has 1 aliphatic heterocycles. The van der Waals surface area contributed by atoms with Crippen molar-refractivity contribution < 1.29 is 24.2 Å². The third-order valence-electron chi connectivity index (χ3n) is 4.32. The predicted octanol–water partition coefficient (Wildman–Crippen LogP) is 3.06. The van der Waals surface area contributed by atoms with Gasteiger partial charge >= 0.3 is 0 Å². The number of fused-ring (bicyclic) bond motifs is 1. The van der Waals surface area contributed by atoms with Crippen LogP contribution in [0.25, 0.3) is 0 Å². The van der Waals surface area contributed by atoms with E-state index in [0.717, 1.165) is 18.2 Å². The summed E-state index contributed by atoms with van der Waals surface area (Å²) in [5.41, 5.74) is -0.721. The van der Waals surface area contributed by atoms with Gasteiger partial charge in [0.25, 0.3) is 23.2 Å². The summed E-state index contributed by atoms with van der Waals surface area (Å²) in [5.74, 6) is -0.624. The van der Waals surface area contributed by atoms with Crippen LogP contribution in [0.4, 0.5) is 22.7 Å². The van der Waals surface area contributed by atoms with Crippen LogP contribution in [0, 0.1) is 20.2 Å². The Hall–Kier alpha value is -4.28. The first-order valence-corrected chi connectivity index (χ1v) is 8.69. The molecule has 2 aromatic carbocycles. The standard InChI is InChI=1S/C19H16N4O7/c1-3-6-21-16-9-13(4-5-17(16)30-11(2)19(21)25)20-18(24)12-7-14(22(26)27)10-15(8-12)23(28)29/h3-5,7-11H,1,6H2,2H3,(H,20,24). The lowest BCUT2D eigenvalue weighted by Gasteiger charge is -2.32. The fourth-order valence-corrected chi connectivity index (χ4v) is 2.94. The molecule has 1 unspecified atom stereocenters. The summed E-state index contributed by atoms with van der Waals surface area (Å²) >= 11 is 0. The highest BCUT2D eigenvalue weighted by atomic mass is 16.6. The second-order valence-corrected chi connectivity index (χ2v) is 6.39. The number of rotatable bonds is 6. The van der Waals surface area contributed by atoms with Gasteiger partial charge in [-0.3, -0.25) is 29.8 Å². The molecule has 30 heavy (non-hydrogen) atoms. The van der Waals surface area contributed by atoms with Crippen molar-refractivity contribution >= 4 is 34.6 Å². The van der Waals surface area contributed by atoms with Crippen LogP contribution in [0.5, 0.6) is 5.75 Å². The molecule has 11 heteroatoms. The van der Waals surface area contributed by atoms with Crippen molar-refractivity contribution in [1.29, 1.82) is 0 Å². The van der Waals surface area contributed by atoms with E-state index in [1.165, 1.54) is 17.0 Å². The fourth-order valence-electron chi connectivity index (χ4n) is 2.94. The fraction of sp³-hybridized carbons (Fsp3) is 0.158. The normalized spacial score (nSPS) is 15.0. The number of nitro benzene ring substituents is 2. The van der Waals surface area contributed by atoms with Crippen molar-refractivity contribution in [2.24, 2.45) is 0 Å². The van der Waals surface area contributed by atoms with Gasteiger partial charge in [-0.25, -0.2) is 0 Å². The van der Waals surface area contributed by atoms with Crippen molar-refractivity contribution in [1.82, 2.24) is 0 Å². The van der Waals surface area contributed by atoms with Gasteiger partial charge in [-0.2, -0.15) is 0 Å². The number of non-ortho nitro benzene ring substituents is 2. The molecule has 0 spiro atoms. The molecule has 0 radical (unpaired) electrons. The molecule has 3 rings (SSSR count). The number of nitrogens with zero attached hydrogens (tertiary/aromatic N) is 3. The third kappa shape index (κ3) is 3.94. The smallest absolute Gasteiger partial charge is 0.277 e. The van der Waals surface area contributed by atoms with Crippen molar-refractivity contribution in [3.05, 3.63) is 74.8 Å². The van der Waals surface area contributed by atoms with Crippen LogP contribution in [0.15, 0.2) is 49.1 Å². The zero-order chi connectivity index (χ0) is 22.0. The Morgan fingerprint density at radius 1 is 1.20 bits per heavy atom. The van der Waals surface area contributed by atoms with E-state index in [2.05, 4.69) is 11.9 Å². The van der Waals surface area contributed by atoms with Gasteiger partial charge in [-0.15, -0.1) is 6.58 Å². The van der Waals surface area contributed by atoms with E-state index in [1.54, 1.807) is 19.1 Å². The summed E-state index contributed by atoms with van der Waals surface area (Å²) < 4.78 is 5.56. The van der Waals surface area contributed by atoms with Gasteiger partial charge in [-0.1, -0.05) is 6.08 Å². The Labute approximate surface area is 169 Å². The van der Waals surface area contributed by atoms with E-state index in [-0.39, 0.29) is 23.7 Å². The van der Waals surface area contributed by atoms with Crippen molar-refractivity contribution in [2.45, 2.75) is 13.0 Å². The van der Waals surface area contributed by atoms with Gasteiger partial charge in [0, 0.05) is 24.4 Å². The van der Waals surface area contributed by atoms with Gasteiger partial charge in [0.05, 0.1) is 27.2 Å². The molecule has 1 N–H and O–H groups in total. The molecule has 1 atom stereocenters. The first-order valence-electron chi connectivity index (χ1n) is 8.69. The quantitative estimate of drug-likeness (QED) is 0.436. The number of nitrogens with one attached hydrogen (secondary N) is 1. The maximum absolute atomic E-state index is 12.6. The van der Waals surface area contributed by atoms with E-state index in [0.29, 0.717) is 11.4 Å². The summed E-state index contributed by atoms with van der Waals surface area (Å²) in [6.07, 6.45) is 0.871. The van der Waals surface area contributed by atoms with Crippen molar-refractivity contribution in [3.8, 4) is 5.75 Å². The van der Waals surface area contributed by atoms with E-state index in [1.807, 2.05) is 0 Å². The second-order valence-electron chi connectivity index (χ2n) is 6.39.